The van der Waals surface area contributed by atoms with Crippen LogP contribution in [-0.2, 0) is 4.79 Å². The first kappa shape index (κ1) is 16.2. The largest absolute Gasteiger partial charge is 0.344 e. The standard InChI is InChI=1S/C14H15N3O4/c1-3-4-7-15-13(18)9-16-14(19)11-5-6-12(17(20)21)10(2)8-11/h5-6,8H,7,9H2,1-2H3,(H,15,18)(H,16,19). The van der Waals surface area contributed by atoms with Crippen molar-refractivity contribution in [3.05, 3.63) is 39.4 Å². The Bertz CT molecular complexity index is 629. The third kappa shape index (κ3) is 4.95. The van der Waals surface area contributed by atoms with Crippen LogP contribution in [0.15, 0.2) is 18.2 Å². The average Bonchev–Trinajstić information content (AvgIpc) is 2.44. The molecule has 110 valence electrons. The van der Waals surface area contributed by atoms with Crippen molar-refractivity contribution in [3.63, 3.8) is 0 Å². The molecule has 0 fully saturated rings. The summed E-state index contributed by atoms with van der Waals surface area (Å²) in [4.78, 5) is 33.4. The molecule has 0 unspecified atom stereocenters. The lowest BCUT2D eigenvalue weighted by atomic mass is 10.1. The molecule has 0 radical (unpaired) electrons. The number of carbonyl (C=O) groups is 2. The zero-order valence-corrected chi connectivity index (χ0v) is 11.7. The average molecular weight is 289 g/mol. The van der Waals surface area contributed by atoms with Gasteiger partial charge in [-0.2, -0.15) is 0 Å². The van der Waals surface area contributed by atoms with Crippen molar-refractivity contribution in [2.24, 2.45) is 0 Å². The molecule has 0 heterocycles. The van der Waals surface area contributed by atoms with E-state index in [0.717, 1.165) is 0 Å². The maximum Gasteiger partial charge on any atom is 0.272 e. The van der Waals surface area contributed by atoms with Gasteiger partial charge < -0.3 is 10.6 Å². The maximum absolute atomic E-state index is 11.8. The summed E-state index contributed by atoms with van der Waals surface area (Å²) in [5, 5.41) is 15.6. The van der Waals surface area contributed by atoms with Crippen LogP contribution in [-0.4, -0.2) is 29.8 Å². The number of aryl methyl sites for hydroxylation is 1. The molecule has 7 nitrogen and oxygen atoms in total. The van der Waals surface area contributed by atoms with E-state index < -0.39 is 10.8 Å². The monoisotopic (exact) mass is 289 g/mol. The molecule has 0 aliphatic heterocycles. The first-order valence-electron chi connectivity index (χ1n) is 6.15. The van der Waals surface area contributed by atoms with Gasteiger partial charge >= 0.3 is 0 Å². The highest BCUT2D eigenvalue weighted by molar-refractivity contribution is 5.96. The normalized spacial score (nSPS) is 9.24. The van der Waals surface area contributed by atoms with Crippen LogP contribution in [0.1, 0.15) is 22.8 Å². The lowest BCUT2D eigenvalue weighted by Crippen LogP contribution is -2.37. The summed E-state index contributed by atoms with van der Waals surface area (Å²) >= 11 is 0. The summed E-state index contributed by atoms with van der Waals surface area (Å²) in [7, 11) is 0. The van der Waals surface area contributed by atoms with Crippen LogP contribution >= 0.6 is 0 Å². The molecular formula is C14H15N3O4. The van der Waals surface area contributed by atoms with Crippen molar-refractivity contribution < 1.29 is 14.5 Å². The van der Waals surface area contributed by atoms with Crippen LogP contribution in [0.3, 0.4) is 0 Å². The van der Waals surface area contributed by atoms with Crippen LogP contribution in [0, 0.1) is 28.9 Å². The summed E-state index contributed by atoms with van der Waals surface area (Å²) in [6.45, 7) is 3.25. The van der Waals surface area contributed by atoms with Gasteiger partial charge in [0.15, 0.2) is 0 Å². The van der Waals surface area contributed by atoms with Gasteiger partial charge in [-0.1, -0.05) is 5.92 Å². The number of hydrogen-bond acceptors (Lipinski definition) is 4. The number of nitro benzene ring substituents is 1. The van der Waals surface area contributed by atoms with Gasteiger partial charge in [-0.25, -0.2) is 0 Å². The van der Waals surface area contributed by atoms with Crippen molar-refractivity contribution in [1.29, 1.82) is 0 Å². The lowest BCUT2D eigenvalue weighted by molar-refractivity contribution is -0.385. The Hall–Kier alpha value is -2.88. The summed E-state index contributed by atoms with van der Waals surface area (Å²) in [5.41, 5.74) is 0.594. The predicted octanol–water partition coefficient (Wildman–Crippen LogP) is 0.773. The molecule has 1 rings (SSSR count). The van der Waals surface area contributed by atoms with Gasteiger partial charge in [0.2, 0.25) is 5.91 Å². The third-order valence-electron chi connectivity index (χ3n) is 2.62. The molecule has 0 saturated carbocycles. The quantitative estimate of drug-likeness (QED) is 0.475. The van der Waals surface area contributed by atoms with E-state index in [9.17, 15) is 19.7 Å². The first-order chi connectivity index (χ1) is 9.95. The Morgan fingerprint density at radius 2 is 2.05 bits per heavy atom. The summed E-state index contributed by atoms with van der Waals surface area (Å²) in [5.74, 6) is 4.47. The lowest BCUT2D eigenvalue weighted by Gasteiger charge is -2.06. The summed E-state index contributed by atoms with van der Waals surface area (Å²) in [6.07, 6.45) is 0. The number of rotatable bonds is 5. The molecule has 0 bridgehead atoms. The van der Waals surface area contributed by atoms with Crippen molar-refractivity contribution in [2.45, 2.75) is 13.8 Å². The van der Waals surface area contributed by atoms with Gasteiger partial charge in [0.05, 0.1) is 18.0 Å². The third-order valence-corrected chi connectivity index (χ3v) is 2.62. The summed E-state index contributed by atoms with van der Waals surface area (Å²) in [6, 6.07) is 4.02. The molecule has 0 aliphatic rings. The minimum atomic E-state index is -0.515. The number of carbonyl (C=O) groups excluding carboxylic acids is 2. The number of hydrogen-bond donors (Lipinski definition) is 2. The molecule has 0 atom stereocenters. The molecule has 1 aromatic carbocycles. The van der Waals surface area contributed by atoms with Gasteiger partial charge in [0.25, 0.3) is 11.6 Å². The fourth-order valence-electron chi connectivity index (χ4n) is 1.56. The molecule has 2 N–H and O–H groups in total. The SMILES string of the molecule is CC#CCNC(=O)CNC(=O)c1ccc([N+](=O)[O-])c(C)c1. The topological polar surface area (TPSA) is 101 Å². The predicted molar refractivity (Wildman–Crippen MR) is 76.6 cm³/mol. The number of amides is 2. The van der Waals surface area contributed by atoms with E-state index in [1.165, 1.54) is 18.2 Å². The van der Waals surface area contributed by atoms with Crippen molar-refractivity contribution in [1.82, 2.24) is 10.6 Å². The van der Waals surface area contributed by atoms with Crippen LogP contribution in [0.4, 0.5) is 5.69 Å². The van der Waals surface area contributed by atoms with Crippen LogP contribution in [0.25, 0.3) is 0 Å². The highest BCUT2D eigenvalue weighted by atomic mass is 16.6. The molecule has 21 heavy (non-hydrogen) atoms. The zero-order valence-electron chi connectivity index (χ0n) is 11.7. The minimum absolute atomic E-state index is 0.0533. The summed E-state index contributed by atoms with van der Waals surface area (Å²) < 4.78 is 0. The van der Waals surface area contributed by atoms with E-state index in [1.807, 2.05) is 0 Å². The van der Waals surface area contributed by atoms with Gasteiger partial charge in [0.1, 0.15) is 0 Å². The van der Waals surface area contributed by atoms with E-state index in [-0.39, 0.29) is 30.2 Å². The van der Waals surface area contributed by atoms with Crippen molar-refractivity contribution in [2.75, 3.05) is 13.1 Å². The first-order valence-corrected chi connectivity index (χ1v) is 6.15. The Morgan fingerprint density at radius 1 is 1.33 bits per heavy atom. The molecular weight excluding hydrogens is 274 g/mol. The molecule has 1 aromatic rings. The van der Waals surface area contributed by atoms with Gasteiger partial charge in [-0.05, 0) is 26.0 Å². The fourth-order valence-corrected chi connectivity index (χ4v) is 1.56. The second-order valence-corrected chi connectivity index (χ2v) is 4.14. The smallest absolute Gasteiger partial charge is 0.272 e. The van der Waals surface area contributed by atoms with E-state index in [4.69, 9.17) is 0 Å². The van der Waals surface area contributed by atoms with E-state index in [0.29, 0.717) is 5.56 Å². The molecule has 0 saturated heterocycles. The van der Waals surface area contributed by atoms with E-state index in [2.05, 4.69) is 22.5 Å². The highest BCUT2D eigenvalue weighted by Gasteiger charge is 2.14. The van der Waals surface area contributed by atoms with Crippen molar-refractivity contribution in [3.8, 4) is 11.8 Å². The number of nitrogens with one attached hydrogen (secondary N) is 2. The Kier molecular flexibility index (Phi) is 5.89. The Morgan fingerprint density at radius 3 is 2.62 bits per heavy atom. The minimum Gasteiger partial charge on any atom is -0.344 e. The second kappa shape index (κ2) is 7.65. The molecule has 0 aromatic heterocycles. The molecule has 7 heteroatoms. The molecule has 0 spiro atoms. The van der Waals surface area contributed by atoms with E-state index >= 15 is 0 Å². The maximum atomic E-state index is 11.8. The number of benzene rings is 1. The van der Waals surface area contributed by atoms with Gasteiger partial charge in [-0.15, -0.1) is 5.92 Å². The molecule has 2 amide bonds. The zero-order chi connectivity index (χ0) is 15.8. The Balaban J connectivity index is 2.59. The van der Waals surface area contributed by atoms with Crippen molar-refractivity contribution >= 4 is 17.5 Å². The van der Waals surface area contributed by atoms with Crippen LogP contribution in [0.5, 0.6) is 0 Å². The second-order valence-electron chi connectivity index (χ2n) is 4.14. The highest BCUT2D eigenvalue weighted by Crippen LogP contribution is 2.18. The van der Waals surface area contributed by atoms with Gasteiger partial charge in [-0.3, -0.25) is 19.7 Å². The fraction of sp³-hybridized carbons (Fsp3) is 0.286. The van der Waals surface area contributed by atoms with Gasteiger partial charge in [0, 0.05) is 17.2 Å². The number of nitro groups is 1. The Labute approximate surface area is 121 Å². The number of nitrogens with zero attached hydrogens (tertiary/aromatic N) is 1. The van der Waals surface area contributed by atoms with E-state index in [1.54, 1.807) is 13.8 Å². The molecule has 0 aliphatic carbocycles. The van der Waals surface area contributed by atoms with Crippen LogP contribution < -0.4 is 10.6 Å². The van der Waals surface area contributed by atoms with Crippen LogP contribution in [0.2, 0.25) is 0 Å².